The fourth-order valence-corrected chi connectivity index (χ4v) is 2.01. The second-order valence-electron chi connectivity index (χ2n) is 4.70. The summed E-state index contributed by atoms with van der Waals surface area (Å²) in [5, 5.41) is 3.60. The van der Waals surface area contributed by atoms with Gasteiger partial charge in [0.1, 0.15) is 0 Å². The van der Waals surface area contributed by atoms with Crippen molar-refractivity contribution in [3.05, 3.63) is 0 Å². The van der Waals surface area contributed by atoms with Crippen LogP contribution in [0.25, 0.3) is 0 Å². The highest BCUT2D eigenvalue weighted by Crippen LogP contribution is 2.18. The van der Waals surface area contributed by atoms with E-state index in [0.717, 1.165) is 32.7 Å². The molecule has 1 aliphatic heterocycles. The molecule has 0 radical (unpaired) electrons. The van der Waals surface area contributed by atoms with Gasteiger partial charge in [-0.15, -0.1) is 0 Å². The van der Waals surface area contributed by atoms with E-state index in [2.05, 4.69) is 36.3 Å². The summed E-state index contributed by atoms with van der Waals surface area (Å²) in [5.74, 6) is 0. The zero-order valence-electron chi connectivity index (χ0n) is 9.71. The van der Waals surface area contributed by atoms with Crippen LogP contribution in [-0.2, 0) is 0 Å². The minimum absolute atomic E-state index is 0.171. The van der Waals surface area contributed by atoms with E-state index in [9.17, 15) is 0 Å². The molecule has 84 valence electrons. The first-order chi connectivity index (χ1) is 6.58. The van der Waals surface area contributed by atoms with Crippen LogP contribution in [0.4, 0.5) is 0 Å². The van der Waals surface area contributed by atoms with Gasteiger partial charge in [0, 0.05) is 31.7 Å². The number of nitrogens with one attached hydrogen (secondary N) is 1. The van der Waals surface area contributed by atoms with E-state index in [0.29, 0.717) is 0 Å². The summed E-state index contributed by atoms with van der Waals surface area (Å²) in [7, 11) is 6.35. The van der Waals surface area contributed by atoms with Gasteiger partial charge in [-0.1, -0.05) is 0 Å². The minimum atomic E-state index is 0.171. The van der Waals surface area contributed by atoms with Crippen molar-refractivity contribution in [1.82, 2.24) is 15.1 Å². The molecule has 0 spiro atoms. The maximum absolute atomic E-state index is 5.85. The minimum Gasteiger partial charge on any atom is -0.329 e. The zero-order chi connectivity index (χ0) is 10.6. The van der Waals surface area contributed by atoms with E-state index in [4.69, 9.17) is 5.73 Å². The van der Waals surface area contributed by atoms with Gasteiger partial charge in [-0.2, -0.15) is 0 Å². The van der Waals surface area contributed by atoms with Gasteiger partial charge in [0.25, 0.3) is 0 Å². The van der Waals surface area contributed by atoms with Crippen LogP contribution in [-0.4, -0.2) is 69.2 Å². The lowest BCUT2D eigenvalue weighted by Gasteiger charge is -2.29. The molecule has 1 rings (SSSR count). The third-order valence-corrected chi connectivity index (χ3v) is 2.99. The molecule has 1 heterocycles. The quantitative estimate of drug-likeness (QED) is 0.608. The van der Waals surface area contributed by atoms with Gasteiger partial charge in [0.2, 0.25) is 0 Å². The number of likely N-dealkylation sites (N-methyl/N-ethyl adjacent to an activating group) is 2. The van der Waals surface area contributed by atoms with Gasteiger partial charge in [-0.05, 0) is 34.1 Å². The molecule has 0 amide bonds. The second kappa shape index (κ2) is 5.07. The van der Waals surface area contributed by atoms with Gasteiger partial charge >= 0.3 is 0 Å². The molecule has 0 aliphatic carbocycles. The Balaban J connectivity index is 2.31. The van der Waals surface area contributed by atoms with Crippen molar-refractivity contribution in [2.75, 3.05) is 53.9 Å². The monoisotopic (exact) mass is 200 g/mol. The summed E-state index contributed by atoms with van der Waals surface area (Å²) < 4.78 is 0. The normalized spacial score (nSPS) is 28.9. The summed E-state index contributed by atoms with van der Waals surface area (Å²) in [6, 6.07) is 0. The lowest BCUT2D eigenvalue weighted by molar-refractivity contribution is 0.297. The van der Waals surface area contributed by atoms with Gasteiger partial charge in [-0.25, -0.2) is 0 Å². The molecule has 4 nitrogen and oxygen atoms in total. The molecule has 0 aromatic heterocycles. The Morgan fingerprint density at radius 1 is 1.50 bits per heavy atom. The van der Waals surface area contributed by atoms with Crippen LogP contribution < -0.4 is 11.1 Å². The van der Waals surface area contributed by atoms with E-state index >= 15 is 0 Å². The summed E-state index contributed by atoms with van der Waals surface area (Å²) >= 11 is 0. The molecule has 3 N–H and O–H groups in total. The zero-order valence-corrected chi connectivity index (χ0v) is 9.71. The Hall–Kier alpha value is -0.160. The molecule has 0 bridgehead atoms. The van der Waals surface area contributed by atoms with Crippen LogP contribution in [0.2, 0.25) is 0 Å². The number of nitrogens with zero attached hydrogens (tertiary/aromatic N) is 2. The van der Waals surface area contributed by atoms with Crippen molar-refractivity contribution in [2.45, 2.75) is 12.0 Å². The summed E-state index contributed by atoms with van der Waals surface area (Å²) in [6.45, 7) is 5.08. The van der Waals surface area contributed by atoms with E-state index in [-0.39, 0.29) is 5.54 Å². The van der Waals surface area contributed by atoms with E-state index in [1.54, 1.807) is 0 Å². The van der Waals surface area contributed by atoms with Crippen LogP contribution in [0, 0.1) is 0 Å². The van der Waals surface area contributed by atoms with Crippen molar-refractivity contribution >= 4 is 0 Å². The molecule has 1 aliphatic rings. The highest BCUT2D eigenvalue weighted by Gasteiger charge is 2.34. The third kappa shape index (κ3) is 3.20. The highest BCUT2D eigenvalue weighted by atomic mass is 15.2. The van der Waals surface area contributed by atoms with Crippen LogP contribution >= 0.6 is 0 Å². The van der Waals surface area contributed by atoms with Crippen LogP contribution in [0.1, 0.15) is 6.42 Å². The SMILES string of the molecule is CN(C)CCNC1(CN)CCN(C)C1. The Labute approximate surface area is 87.4 Å². The van der Waals surface area contributed by atoms with Crippen LogP contribution in [0.5, 0.6) is 0 Å². The molecule has 0 aromatic carbocycles. The molecule has 0 aromatic rings. The van der Waals surface area contributed by atoms with E-state index < -0.39 is 0 Å². The van der Waals surface area contributed by atoms with E-state index in [1.807, 2.05) is 0 Å². The van der Waals surface area contributed by atoms with Gasteiger partial charge < -0.3 is 20.9 Å². The topological polar surface area (TPSA) is 44.5 Å². The van der Waals surface area contributed by atoms with E-state index in [1.165, 1.54) is 6.42 Å². The molecule has 0 saturated carbocycles. The molecular weight excluding hydrogens is 176 g/mol. The first-order valence-electron chi connectivity index (χ1n) is 5.36. The summed E-state index contributed by atoms with van der Waals surface area (Å²) in [5.41, 5.74) is 6.02. The Morgan fingerprint density at radius 2 is 2.21 bits per heavy atom. The fraction of sp³-hybridized carbons (Fsp3) is 1.00. The number of likely N-dealkylation sites (tertiary alicyclic amines) is 1. The Morgan fingerprint density at radius 3 is 2.64 bits per heavy atom. The maximum Gasteiger partial charge on any atom is 0.0445 e. The average Bonchev–Trinajstić information content (AvgIpc) is 2.48. The largest absolute Gasteiger partial charge is 0.329 e. The smallest absolute Gasteiger partial charge is 0.0445 e. The van der Waals surface area contributed by atoms with Crippen molar-refractivity contribution in [1.29, 1.82) is 0 Å². The number of hydrogen-bond acceptors (Lipinski definition) is 4. The molecule has 1 unspecified atom stereocenters. The van der Waals surface area contributed by atoms with Crippen molar-refractivity contribution in [3.63, 3.8) is 0 Å². The molecule has 4 heteroatoms. The number of rotatable bonds is 5. The molecule has 1 saturated heterocycles. The van der Waals surface area contributed by atoms with Crippen molar-refractivity contribution in [3.8, 4) is 0 Å². The van der Waals surface area contributed by atoms with Gasteiger partial charge in [0.15, 0.2) is 0 Å². The average molecular weight is 200 g/mol. The number of nitrogens with two attached hydrogens (primary N) is 1. The summed E-state index contributed by atoms with van der Waals surface area (Å²) in [6.07, 6.45) is 1.17. The maximum atomic E-state index is 5.85. The first kappa shape index (κ1) is 11.9. The van der Waals surface area contributed by atoms with Gasteiger partial charge in [-0.3, -0.25) is 0 Å². The predicted molar refractivity (Wildman–Crippen MR) is 60.5 cm³/mol. The molecule has 14 heavy (non-hydrogen) atoms. The predicted octanol–water partition coefficient (Wildman–Crippen LogP) is -0.829. The van der Waals surface area contributed by atoms with Crippen LogP contribution in [0.15, 0.2) is 0 Å². The molecular formula is C10H24N4. The van der Waals surface area contributed by atoms with Crippen molar-refractivity contribution in [2.24, 2.45) is 5.73 Å². The first-order valence-corrected chi connectivity index (χ1v) is 5.36. The Bertz CT molecular complexity index is 172. The molecule has 1 atom stereocenters. The second-order valence-corrected chi connectivity index (χ2v) is 4.70. The van der Waals surface area contributed by atoms with Gasteiger partial charge in [0.05, 0.1) is 0 Å². The third-order valence-electron chi connectivity index (χ3n) is 2.99. The lowest BCUT2D eigenvalue weighted by Crippen LogP contribution is -2.54. The standard InChI is InChI=1S/C10H24N4/c1-13(2)7-5-12-10(8-11)4-6-14(3)9-10/h12H,4-9,11H2,1-3H3. The Kier molecular flexibility index (Phi) is 4.31. The van der Waals surface area contributed by atoms with Crippen LogP contribution in [0.3, 0.4) is 0 Å². The summed E-state index contributed by atoms with van der Waals surface area (Å²) in [4.78, 5) is 4.53. The lowest BCUT2D eigenvalue weighted by atomic mass is 9.99. The molecule has 1 fully saturated rings. The number of hydrogen-bond donors (Lipinski definition) is 2. The fourth-order valence-electron chi connectivity index (χ4n) is 2.01. The highest BCUT2D eigenvalue weighted by molar-refractivity contribution is 4.97. The van der Waals surface area contributed by atoms with Crippen molar-refractivity contribution < 1.29 is 0 Å².